The smallest absolute Gasteiger partial charge is 0.416 e. The van der Waals surface area contributed by atoms with Crippen LogP contribution in [0.25, 0.3) is 0 Å². The molecule has 0 spiro atoms. The molecular formula is C23H24F3N3O5S. The Bertz CT molecular complexity index is 1210. The molecule has 0 radical (unpaired) electrons. The maximum atomic E-state index is 13.1. The van der Waals surface area contributed by atoms with E-state index in [4.69, 9.17) is 4.74 Å². The molecule has 35 heavy (non-hydrogen) atoms. The van der Waals surface area contributed by atoms with Crippen LogP contribution in [0.3, 0.4) is 0 Å². The molecule has 0 saturated heterocycles. The summed E-state index contributed by atoms with van der Waals surface area (Å²) in [5.41, 5.74) is -0.665. The predicted octanol–water partition coefficient (Wildman–Crippen LogP) is 3.71. The van der Waals surface area contributed by atoms with Crippen LogP contribution in [0, 0.1) is 0 Å². The summed E-state index contributed by atoms with van der Waals surface area (Å²) in [7, 11) is -4.07. The van der Waals surface area contributed by atoms with Crippen LogP contribution >= 0.6 is 0 Å². The van der Waals surface area contributed by atoms with E-state index in [1.807, 2.05) is 0 Å². The lowest BCUT2D eigenvalue weighted by Crippen LogP contribution is -2.38. The van der Waals surface area contributed by atoms with Gasteiger partial charge >= 0.3 is 12.1 Å². The number of anilines is 1. The SMILES string of the molecule is O=C(COC(=O)c1ccc([C@H]2Nc3cc(C(F)(F)F)ccc3S(=O)(=O)N2)cc1)NC1CCCCC1. The number of hydrogen-bond acceptors (Lipinski definition) is 6. The van der Waals surface area contributed by atoms with Crippen molar-refractivity contribution >= 4 is 27.6 Å². The van der Waals surface area contributed by atoms with Crippen LogP contribution in [-0.4, -0.2) is 32.9 Å². The lowest BCUT2D eigenvalue weighted by molar-refractivity contribution is -0.137. The number of esters is 1. The molecule has 1 atom stereocenters. The third-order valence-electron chi connectivity index (χ3n) is 5.95. The van der Waals surface area contributed by atoms with E-state index in [0.717, 1.165) is 44.2 Å². The van der Waals surface area contributed by atoms with Crippen molar-refractivity contribution < 1.29 is 35.9 Å². The average molecular weight is 512 g/mol. The van der Waals surface area contributed by atoms with E-state index in [9.17, 15) is 31.2 Å². The summed E-state index contributed by atoms with van der Waals surface area (Å²) in [4.78, 5) is 24.0. The van der Waals surface area contributed by atoms with Gasteiger partial charge in [0.15, 0.2) is 6.61 Å². The molecular weight excluding hydrogens is 487 g/mol. The van der Waals surface area contributed by atoms with Gasteiger partial charge < -0.3 is 15.4 Å². The molecule has 0 aromatic heterocycles. The number of benzene rings is 2. The molecule has 12 heteroatoms. The molecule has 1 amide bonds. The molecule has 0 bridgehead atoms. The molecule has 8 nitrogen and oxygen atoms in total. The largest absolute Gasteiger partial charge is 0.452 e. The highest BCUT2D eigenvalue weighted by Crippen LogP contribution is 2.37. The van der Waals surface area contributed by atoms with Crippen molar-refractivity contribution in [1.29, 1.82) is 0 Å². The summed E-state index contributed by atoms with van der Waals surface area (Å²) < 4.78 is 71.7. The van der Waals surface area contributed by atoms with Gasteiger partial charge in [-0.25, -0.2) is 13.2 Å². The summed E-state index contributed by atoms with van der Waals surface area (Å²) in [5.74, 6) is -1.10. The van der Waals surface area contributed by atoms with Crippen molar-refractivity contribution in [2.24, 2.45) is 0 Å². The van der Waals surface area contributed by atoms with Crippen LogP contribution < -0.4 is 15.4 Å². The Balaban J connectivity index is 1.40. The number of fused-ring (bicyclic) bond motifs is 1. The number of carbonyl (C=O) groups is 2. The molecule has 2 aromatic rings. The zero-order valence-corrected chi connectivity index (χ0v) is 19.3. The van der Waals surface area contributed by atoms with E-state index in [-0.39, 0.29) is 28.1 Å². The second-order valence-electron chi connectivity index (χ2n) is 8.51. The third kappa shape index (κ3) is 5.93. The first kappa shape index (κ1) is 25.0. The zero-order chi connectivity index (χ0) is 25.2. The Hall–Kier alpha value is -3.12. The van der Waals surface area contributed by atoms with E-state index in [0.29, 0.717) is 11.6 Å². The van der Waals surface area contributed by atoms with E-state index >= 15 is 0 Å². The summed E-state index contributed by atoms with van der Waals surface area (Å²) in [6.45, 7) is -0.417. The van der Waals surface area contributed by atoms with Crippen LogP contribution in [0.1, 0.15) is 59.8 Å². The van der Waals surface area contributed by atoms with Gasteiger partial charge in [0.2, 0.25) is 10.0 Å². The monoisotopic (exact) mass is 511 g/mol. The number of nitrogens with one attached hydrogen (secondary N) is 3. The third-order valence-corrected chi connectivity index (χ3v) is 7.43. The van der Waals surface area contributed by atoms with Crippen molar-refractivity contribution in [3.05, 3.63) is 59.2 Å². The Morgan fingerprint density at radius 3 is 2.37 bits per heavy atom. The molecule has 1 heterocycles. The lowest BCUT2D eigenvalue weighted by atomic mass is 9.95. The van der Waals surface area contributed by atoms with Gasteiger partial charge in [0.25, 0.3) is 5.91 Å². The maximum Gasteiger partial charge on any atom is 0.416 e. The number of carbonyl (C=O) groups excluding carboxylic acids is 2. The summed E-state index contributed by atoms with van der Waals surface area (Å²) in [6, 6.07) is 8.09. The number of ether oxygens (including phenoxy) is 1. The van der Waals surface area contributed by atoms with Crippen molar-refractivity contribution in [2.75, 3.05) is 11.9 Å². The van der Waals surface area contributed by atoms with Gasteiger partial charge in [0.05, 0.1) is 16.8 Å². The summed E-state index contributed by atoms with van der Waals surface area (Å²) in [6.07, 6.45) is -0.616. The van der Waals surface area contributed by atoms with Crippen LogP contribution in [0.15, 0.2) is 47.4 Å². The molecule has 1 aliphatic carbocycles. The van der Waals surface area contributed by atoms with Crippen molar-refractivity contribution in [3.63, 3.8) is 0 Å². The van der Waals surface area contributed by atoms with Gasteiger partial charge in [0.1, 0.15) is 11.1 Å². The van der Waals surface area contributed by atoms with E-state index in [1.165, 1.54) is 24.3 Å². The summed E-state index contributed by atoms with van der Waals surface area (Å²) >= 11 is 0. The Labute approximate surface area is 200 Å². The topological polar surface area (TPSA) is 114 Å². The van der Waals surface area contributed by atoms with Gasteiger partial charge in [-0.15, -0.1) is 0 Å². The summed E-state index contributed by atoms with van der Waals surface area (Å²) in [5, 5.41) is 5.60. The first-order chi connectivity index (χ1) is 16.5. The van der Waals surface area contributed by atoms with Gasteiger partial charge in [0, 0.05) is 6.04 Å². The van der Waals surface area contributed by atoms with E-state index < -0.39 is 40.5 Å². The van der Waals surface area contributed by atoms with E-state index in [1.54, 1.807) is 0 Å². The number of halogens is 3. The lowest BCUT2D eigenvalue weighted by Gasteiger charge is -2.29. The molecule has 1 fully saturated rings. The minimum atomic E-state index is -4.63. The number of rotatable bonds is 5. The van der Waals surface area contributed by atoms with Crippen molar-refractivity contribution in [2.45, 2.75) is 55.4 Å². The first-order valence-corrected chi connectivity index (χ1v) is 12.6. The van der Waals surface area contributed by atoms with Crippen LogP contribution in [0.4, 0.5) is 18.9 Å². The maximum absolute atomic E-state index is 13.1. The number of alkyl halides is 3. The minimum Gasteiger partial charge on any atom is -0.452 e. The van der Waals surface area contributed by atoms with Crippen molar-refractivity contribution in [1.82, 2.24) is 10.0 Å². The molecule has 188 valence electrons. The fourth-order valence-corrected chi connectivity index (χ4v) is 5.44. The van der Waals surface area contributed by atoms with Gasteiger partial charge in [-0.2, -0.15) is 17.9 Å². The quantitative estimate of drug-likeness (QED) is 0.528. The second kappa shape index (κ2) is 9.86. The highest BCUT2D eigenvalue weighted by molar-refractivity contribution is 7.89. The molecule has 3 N–H and O–H groups in total. The number of amides is 1. The minimum absolute atomic E-state index is 0.0957. The average Bonchev–Trinajstić information content (AvgIpc) is 2.82. The van der Waals surface area contributed by atoms with Crippen LogP contribution in [0.5, 0.6) is 0 Å². The fourth-order valence-electron chi connectivity index (χ4n) is 4.15. The Morgan fingerprint density at radius 2 is 1.71 bits per heavy atom. The van der Waals surface area contributed by atoms with Crippen LogP contribution in [-0.2, 0) is 25.7 Å². The predicted molar refractivity (Wildman–Crippen MR) is 120 cm³/mol. The molecule has 2 aliphatic rings. The molecule has 1 saturated carbocycles. The molecule has 0 unspecified atom stereocenters. The zero-order valence-electron chi connectivity index (χ0n) is 18.5. The molecule has 4 rings (SSSR count). The Kier molecular flexibility index (Phi) is 7.04. The second-order valence-corrected chi connectivity index (χ2v) is 10.2. The molecule has 1 aliphatic heterocycles. The normalized spacial score (nSPS) is 19.8. The van der Waals surface area contributed by atoms with Gasteiger partial charge in [-0.1, -0.05) is 31.4 Å². The number of hydrogen-bond donors (Lipinski definition) is 3. The highest BCUT2D eigenvalue weighted by atomic mass is 32.2. The van der Waals surface area contributed by atoms with Gasteiger partial charge in [-0.3, -0.25) is 4.79 Å². The standard InChI is InChI=1S/C23H24F3N3O5S/c24-23(25,26)16-10-11-19-18(12-16)28-21(29-35(19,32)33)14-6-8-15(9-7-14)22(31)34-13-20(30)27-17-4-2-1-3-5-17/h6-12,17,21,28-29H,1-5,13H2,(H,27,30)/t21-/m0/s1. The molecule has 2 aromatic carbocycles. The fraction of sp³-hybridized carbons (Fsp3) is 0.391. The number of sulfonamides is 1. The van der Waals surface area contributed by atoms with Gasteiger partial charge in [-0.05, 0) is 48.7 Å². The highest BCUT2D eigenvalue weighted by Gasteiger charge is 2.35. The van der Waals surface area contributed by atoms with E-state index in [2.05, 4.69) is 15.4 Å². The Morgan fingerprint density at radius 1 is 1.03 bits per heavy atom. The van der Waals surface area contributed by atoms with Crippen molar-refractivity contribution in [3.8, 4) is 0 Å². The first-order valence-electron chi connectivity index (χ1n) is 11.1. The van der Waals surface area contributed by atoms with Crippen LogP contribution in [0.2, 0.25) is 0 Å².